The number of nitrogens with zero attached hydrogens (tertiary/aromatic N) is 5. The first-order chi connectivity index (χ1) is 17.4. The summed E-state index contributed by atoms with van der Waals surface area (Å²) in [5.74, 6) is 0.714. The molecule has 36 heavy (non-hydrogen) atoms. The highest BCUT2D eigenvalue weighted by molar-refractivity contribution is 7.53. The quantitative estimate of drug-likeness (QED) is 0.168. The van der Waals surface area contributed by atoms with Crippen molar-refractivity contribution in [3.05, 3.63) is 47.4 Å². The second-order valence-corrected chi connectivity index (χ2v) is 11.0. The summed E-state index contributed by atoms with van der Waals surface area (Å²) in [6.45, 7) is 5.58. The van der Waals surface area contributed by atoms with Crippen molar-refractivity contribution in [2.24, 2.45) is 0 Å². The third-order valence-electron chi connectivity index (χ3n) is 5.85. The first kappa shape index (κ1) is 27.0. The molecule has 3 heterocycles. The van der Waals surface area contributed by atoms with Gasteiger partial charge in [-0.05, 0) is 43.9 Å². The van der Waals surface area contributed by atoms with Crippen molar-refractivity contribution in [3.8, 4) is 0 Å². The molecule has 0 N–H and O–H groups in total. The van der Waals surface area contributed by atoms with Crippen molar-refractivity contribution in [2.75, 3.05) is 44.5 Å². The van der Waals surface area contributed by atoms with Crippen LogP contribution in [0.15, 0.2) is 36.5 Å². The Kier molecular flexibility index (Phi) is 9.33. The molecule has 1 aliphatic heterocycles. The Morgan fingerprint density at radius 3 is 2.64 bits per heavy atom. The minimum Gasteiger partial charge on any atom is -0.378 e. The summed E-state index contributed by atoms with van der Waals surface area (Å²) in [4.78, 5) is 11.0. The van der Waals surface area contributed by atoms with Crippen LogP contribution in [-0.2, 0) is 29.6 Å². The lowest BCUT2D eigenvalue weighted by Gasteiger charge is -2.20. The molecular formula is C24H33ClN5O5P. The Hall–Kier alpha value is -2.07. The van der Waals surface area contributed by atoms with E-state index in [0.717, 1.165) is 23.8 Å². The van der Waals surface area contributed by atoms with Crippen LogP contribution in [-0.4, -0.2) is 65.5 Å². The number of ether oxygens (including phenoxy) is 2. The van der Waals surface area contributed by atoms with Crippen molar-refractivity contribution in [1.82, 2.24) is 19.7 Å². The summed E-state index contributed by atoms with van der Waals surface area (Å²) in [5, 5.41) is 5.53. The molecule has 0 radical (unpaired) electrons. The minimum absolute atomic E-state index is 0.106. The molecule has 0 saturated carbocycles. The van der Waals surface area contributed by atoms with Crippen LogP contribution >= 0.6 is 19.2 Å². The van der Waals surface area contributed by atoms with Crippen molar-refractivity contribution in [1.29, 1.82) is 0 Å². The zero-order valence-corrected chi connectivity index (χ0v) is 22.5. The lowest BCUT2D eigenvalue weighted by molar-refractivity contribution is -0.0423. The first-order valence-electron chi connectivity index (χ1n) is 12.2. The number of aromatic nitrogens is 4. The Balaban J connectivity index is 1.38. The van der Waals surface area contributed by atoms with Gasteiger partial charge in [0.25, 0.3) is 0 Å². The van der Waals surface area contributed by atoms with Crippen molar-refractivity contribution < 1.29 is 23.1 Å². The predicted molar refractivity (Wildman–Crippen MR) is 139 cm³/mol. The van der Waals surface area contributed by atoms with Crippen LogP contribution in [0.3, 0.4) is 0 Å². The molecule has 1 saturated heterocycles. The van der Waals surface area contributed by atoms with E-state index in [4.69, 9.17) is 30.1 Å². The lowest BCUT2D eigenvalue weighted by atomic mass is 10.2. The molecule has 0 bridgehead atoms. The van der Waals surface area contributed by atoms with Crippen LogP contribution in [0.2, 0.25) is 5.28 Å². The molecule has 1 aliphatic rings. The molecule has 0 amide bonds. The largest absolute Gasteiger partial charge is 0.378 e. The van der Waals surface area contributed by atoms with Gasteiger partial charge in [-0.15, -0.1) is 0 Å². The highest BCUT2D eigenvalue weighted by Gasteiger charge is 2.30. The number of anilines is 1. The van der Waals surface area contributed by atoms with Crippen LogP contribution in [0.4, 0.5) is 5.82 Å². The van der Waals surface area contributed by atoms with Gasteiger partial charge in [0, 0.05) is 13.6 Å². The van der Waals surface area contributed by atoms with Crippen LogP contribution < -0.4 is 4.90 Å². The standard InChI is InChI=1S/C24H33ClN5O5P/c1-4-33-36(31,34-5-2)14-13-32-17-19-11-12-21(35-19)30-23-20(15-26-30)22(27-24(25)28-23)29(3)16-18-9-7-6-8-10-18/h6-10,15,19,21H,4-5,11-14,16-17H2,1-3H3/t19-,21+/m0/s1. The monoisotopic (exact) mass is 537 g/mol. The van der Waals surface area contributed by atoms with E-state index in [0.29, 0.717) is 37.8 Å². The zero-order valence-electron chi connectivity index (χ0n) is 20.9. The molecular weight excluding hydrogens is 505 g/mol. The summed E-state index contributed by atoms with van der Waals surface area (Å²) >= 11 is 6.31. The van der Waals surface area contributed by atoms with E-state index in [1.54, 1.807) is 24.7 Å². The molecule has 0 unspecified atom stereocenters. The van der Waals surface area contributed by atoms with Crippen LogP contribution in [0.1, 0.15) is 38.5 Å². The van der Waals surface area contributed by atoms with E-state index in [-0.39, 0.29) is 30.4 Å². The van der Waals surface area contributed by atoms with Gasteiger partial charge in [0.15, 0.2) is 11.9 Å². The maximum atomic E-state index is 12.6. The van der Waals surface area contributed by atoms with Crippen molar-refractivity contribution in [2.45, 2.75) is 45.6 Å². The fourth-order valence-electron chi connectivity index (χ4n) is 4.26. The number of hydrogen-bond donors (Lipinski definition) is 0. The van der Waals surface area contributed by atoms with E-state index in [9.17, 15) is 4.57 Å². The second-order valence-electron chi connectivity index (χ2n) is 8.52. The van der Waals surface area contributed by atoms with Gasteiger partial charge in [-0.3, -0.25) is 4.57 Å². The smallest absolute Gasteiger partial charge is 0.332 e. The highest BCUT2D eigenvalue weighted by atomic mass is 35.5. The van der Waals surface area contributed by atoms with Crippen molar-refractivity contribution >= 4 is 36.0 Å². The minimum atomic E-state index is -3.11. The average molecular weight is 538 g/mol. The predicted octanol–water partition coefficient (Wildman–Crippen LogP) is 5.08. The number of halogens is 1. The van der Waals surface area contributed by atoms with E-state index in [1.165, 1.54) is 0 Å². The fourth-order valence-corrected chi connectivity index (χ4v) is 5.89. The highest BCUT2D eigenvalue weighted by Crippen LogP contribution is 2.47. The van der Waals surface area contributed by atoms with Crippen LogP contribution in [0, 0.1) is 0 Å². The zero-order chi connectivity index (χ0) is 25.5. The molecule has 196 valence electrons. The summed E-state index contributed by atoms with van der Waals surface area (Å²) in [6, 6.07) is 10.2. The number of benzene rings is 1. The van der Waals surface area contributed by atoms with Crippen LogP contribution in [0.5, 0.6) is 0 Å². The first-order valence-corrected chi connectivity index (χ1v) is 14.3. The van der Waals surface area contributed by atoms with Gasteiger partial charge >= 0.3 is 7.60 Å². The molecule has 1 aromatic carbocycles. The van der Waals surface area contributed by atoms with E-state index in [2.05, 4.69) is 27.2 Å². The average Bonchev–Trinajstić information content (AvgIpc) is 3.49. The van der Waals surface area contributed by atoms with Crippen molar-refractivity contribution in [3.63, 3.8) is 0 Å². The molecule has 3 aromatic rings. The summed E-state index contributed by atoms with van der Waals surface area (Å²) in [7, 11) is -1.14. The number of rotatable bonds is 13. The van der Waals surface area contributed by atoms with E-state index >= 15 is 0 Å². The Labute approximate surface area is 216 Å². The number of fused-ring (bicyclic) bond motifs is 1. The lowest BCUT2D eigenvalue weighted by Crippen LogP contribution is -2.19. The maximum Gasteiger partial charge on any atom is 0.332 e. The molecule has 4 rings (SSSR count). The molecule has 0 aliphatic carbocycles. The van der Waals surface area contributed by atoms with E-state index in [1.807, 2.05) is 30.1 Å². The summed E-state index contributed by atoms with van der Waals surface area (Å²) < 4.78 is 36.9. The molecule has 0 spiro atoms. The molecule has 2 atom stereocenters. The molecule has 10 nitrogen and oxygen atoms in total. The topological polar surface area (TPSA) is 101 Å². The second kappa shape index (κ2) is 12.4. The SMILES string of the molecule is CCOP(=O)(CCOC[C@@H]1CC[C@H](n2ncc3c(N(C)Cc4ccccc4)nc(Cl)nc32)O1)OCC. The van der Waals surface area contributed by atoms with Gasteiger partial charge in [0.2, 0.25) is 5.28 Å². The Bertz CT molecular complexity index is 1170. The molecule has 12 heteroatoms. The Morgan fingerprint density at radius 1 is 1.17 bits per heavy atom. The molecule has 1 fully saturated rings. The summed E-state index contributed by atoms with van der Waals surface area (Å²) in [5.41, 5.74) is 1.79. The maximum absolute atomic E-state index is 12.6. The van der Waals surface area contributed by atoms with Crippen LogP contribution in [0.25, 0.3) is 11.0 Å². The number of hydrogen-bond acceptors (Lipinski definition) is 9. The third kappa shape index (κ3) is 6.62. The third-order valence-corrected chi connectivity index (χ3v) is 8.06. The normalized spacial score (nSPS) is 18.2. The van der Waals surface area contributed by atoms with Gasteiger partial charge in [0.1, 0.15) is 5.82 Å². The molecule has 2 aromatic heterocycles. The van der Waals surface area contributed by atoms with Gasteiger partial charge in [-0.2, -0.15) is 15.1 Å². The van der Waals surface area contributed by atoms with Gasteiger partial charge < -0.3 is 23.4 Å². The Morgan fingerprint density at radius 2 is 1.92 bits per heavy atom. The van der Waals surface area contributed by atoms with Gasteiger partial charge in [-0.1, -0.05) is 30.3 Å². The van der Waals surface area contributed by atoms with Gasteiger partial charge in [0.05, 0.1) is 50.3 Å². The fraction of sp³-hybridized carbons (Fsp3) is 0.542. The summed E-state index contributed by atoms with van der Waals surface area (Å²) in [6.07, 6.45) is 3.15. The van der Waals surface area contributed by atoms with Gasteiger partial charge in [-0.25, -0.2) is 4.68 Å². The van der Waals surface area contributed by atoms with E-state index < -0.39 is 7.60 Å².